The van der Waals surface area contributed by atoms with Crippen LogP contribution in [-0.2, 0) is 13.1 Å². The van der Waals surface area contributed by atoms with Crippen LogP contribution in [0.5, 0.6) is 0 Å². The third kappa shape index (κ3) is 3.29. The SMILES string of the molecule is Cc1nn(CCO)cc1CNc1ccc2oc(N(C)C)nc2c1. The average molecular weight is 315 g/mol. The molecule has 3 rings (SSSR count). The van der Waals surface area contributed by atoms with Crippen molar-refractivity contribution in [2.24, 2.45) is 0 Å². The van der Waals surface area contributed by atoms with Crippen molar-refractivity contribution >= 4 is 22.8 Å². The lowest BCUT2D eigenvalue weighted by atomic mass is 10.2. The number of oxazole rings is 1. The van der Waals surface area contributed by atoms with Crippen LogP contribution in [0.3, 0.4) is 0 Å². The number of nitrogens with one attached hydrogen (secondary N) is 1. The molecule has 0 spiro atoms. The van der Waals surface area contributed by atoms with Gasteiger partial charge in [-0.05, 0) is 25.1 Å². The number of hydrogen-bond donors (Lipinski definition) is 2. The minimum absolute atomic E-state index is 0.0883. The minimum atomic E-state index is 0.0883. The molecule has 0 atom stereocenters. The number of anilines is 2. The number of benzene rings is 1. The lowest BCUT2D eigenvalue weighted by molar-refractivity contribution is 0.269. The molecule has 122 valence electrons. The summed E-state index contributed by atoms with van der Waals surface area (Å²) in [6.45, 7) is 3.24. The third-order valence-corrected chi connectivity index (χ3v) is 3.62. The molecule has 3 aromatic rings. The lowest BCUT2D eigenvalue weighted by Gasteiger charge is -2.04. The summed E-state index contributed by atoms with van der Waals surface area (Å²) in [4.78, 5) is 6.29. The largest absolute Gasteiger partial charge is 0.423 e. The van der Waals surface area contributed by atoms with Gasteiger partial charge in [0.25, 0.3) is 6.01 Å². The predicted molar refractivity (Wildman–Crippen MR) is 89.7 cm³/mol. The normalized spacial score (nSPS) is 11.1. The summed E-state index contributed by atoms with van der Waals surface area (Å²) in [5, 5.41) is 16.7. The van der Waals surface area contributed by atoms with E-state index in [1.54, 1.807) is 4.68 Å². The quantitative estimate of drug-likeness (QED) is 0.724. The maximum absolute atomic E-state index is 8.97. The van der Waals surface area contributed by atoms with Crippen LogP contribution in [0.25, 0.3) is 11.1 Å². The zero-order valence-electron chi connectivity index (χ0n) is 13.6. The van der Waals surface area contributed by atoms with Crippen LogP contribution in [-0.4, -0.2) is 40.6 Å². The van der Waals surface area contributed by atoms with Crippen LogP contribution in [0.1, 0.15) is 11.3 Å². The van der Waals surface area contributed by atoms with E-state index in [0.717, 1.165) is 28.0 Å². The predicted octanol–water partition coefficient (Wildman–Crippen LogP) is 2.00. The first-order valence-electron chi connectivity index (χ1n) is 7.52. The maximum atomic E-state index is 8.97. The number of aliphatic hydroxyl groups is 1. The highest BCUT2D eigenvalue weighted by molar-refractivity contribution is 5.78. The van der Waals surface area contributed by atoms with Gasteiger partial charge >= 0.3 is 0 Å². The van der Waals surface area contributed by atoms with Gasteiger partial charge in [0.1, 0.15) is 5.52 Å². The Bertz CT molecular complexity index is 806. The molecule has 0 unspecified atom stereocenters. The standard InChI is InChI=1S/C16H21N5O2/c1-11-12(10-21(19-11)6-7-22)9-17-13-4-5-15-14(8-13)18-16(23-15)20(2)3/h4-5,8,10,17,22H,6-7,9H2,1-3H3. The summed E-state index contributed by atoms with van der Waals surface area (Å²) < 4.78 is 7.41. The zero-order chi connectivity index (χ0) is 16.4. The maximum Gasteiger partial charge on any atom is 0.297 e. The molecule has 2 heterocycles. The topological polar surface area (TPSA) is 79.3 Å². The highest BCUT2D eigenvalue weighted by Crippen LogP contribution is 2.24. The summed E-state index contributed by atoms with van der Waals surface area (Å²) >= 11 is 0. The first kappa shape index (κ1) is 15.4. The Hall–Kier alpha value is -2.54. The summed E-state index contributed by atoms with van der Waals surface area (Å²) in [5.74, 6) is 0. The fraction of sp³-hybridized carbons (Fsp3) is 0.375. The second-order valence-electron chi connectivity index (χ2n) is 5.65. The van der Waals surface area contributed by atoms with Gasteiger partial charge in [0.2, 0.25) is 0 Å². The molecule has 0 bridgehead atoms. The van der Waals surface area contributed by atoms with Crippen LogP contribution in [0.15, 0.2) is 28.8 Å². The van der Waals surface area contributed by atoms with E-state index in [0.29, 0.717) is 19.1 Å². The highest BCUT2D eigenvalue weighted by atomic mass is 16.4. The van der Waals surface area contributed by atoms with Gasteiger partial charge in [-0.1, -0.05) is 0 Å². The van der Waals surface area contributed by atoms with Gasteiger partial charge in [0.05, 0.1) is 18.8 Å². The molecule has 23 heavy (non-hydrogen) atoms. The second kappa shape index (κ2) is 6.29. The van der Waals surface area contributed by atoms with Crippen LogP contribution in [0.2, 0.25) is 0 Å². The Morgan fingerprint density at radius 1 is 1.35 bits per heavy atom. The molecule has 0 aliphatic heterocycles. The Labute approximate surface area is 134 Å². The number of nitrogens with zero attached hydrogens (tertiary/aromatic N) is 4. The highest BCUT2D eigenvalue weighted by Gasteiger charge is 2.09. The van der Waals surface area contributed by atoms with Crippen molar-refractivity contribution in [1.29, 1.82) is 0 Å². The molecule has 7 heteroatoms. The molecule has 0 aliphatic rings. The van der Waals surface area contributed by atoms with Crippen molar-refractivity contribution in [3.63, 3.8) is 0 Å². The van der Waals surface area contributed by atoms with E-state index in [1.807, 2.05) is 50.3 Å². The Morgan fingerprint density at radius 3 is 2.91 bits per heavy atom. The molecule has 0 saturated carbocycles. The Kier molecular flexibility index (Phi) is 4.20. The van der Waals surface area contributed by atoms with E-state index < -0.39 is 0 Å². The molecular weight excluding hydrogens is 294 g/mol. The van der Waals surface area contributed by atoms with Crippen LogP contribution in [0, 0.1) is 6.92 Å². The van der Waals surface area contributed by atoms with E-state index in [1.165, 1.54) is 0 Å². The molecule has 2 aromatic heterocycles. The van der Waals surface area contributed by atoms with Gasteiger partial charge in [-0.15, -0.1) is 0 Å². The van der Waals surface area contributed by atoms with E-state index in [-0.39, 0.29) is 6.61 Å². The molecule has 0 fully saturated rings. The fourth-order valence-electron chi connectivity index (χ4n) is 2.36. The van der Waals surface area contributed by atoms with Gasteiger partial charge < -0.3 is 19.7 Å². The zero-order valence-corrected chi connectivity index (χ0v) is 13.6. The molecule has 0 radical (unpaired) electrons. The number of aliphatic hydroxyl groups excluding tert-OH is 1. The average Bonchev–Trinajstić information content (AvgIpc) is 3.08. The van der Waals surface area contributed by atoms with Crippen molar-refractivity contribution in [3.8, 4) is 0 Å². The fourth-order valence-corrected chi connectivity index (χ4v) is 2.36. The van der Waals surface area contributed by atoms with Gasteiger partial charge in [0.15, 0.2) is 5.58 Å². The minimum Gasteiger partial charge on any atom is -0.423 e. The lowest BCUT2D eigenvalue weighted by Crippen LogP contribution is -2.08. The van der Waals surface area contributed by atoms with E-state index in [9.17, 15) is 0 Å². The van der Waals surface area contributed by atoms with Crippen molar-refractivity contribution in [2.45, 2.75) is 20.0 Å². The molecule has 0 saturated heterocycles. The van der Waals surface area contributed by atoms with E-state index in [4.69, 9.17) is 9.52 Å². The number of rotatable bonds is 6. The first-order chi connectivity index (χ1) is 11.1. The molecule has 0 aliphatic carbocycles. The first-order valence-corrected chi connectivity index (χ1v) is 7.52. The molecule has 7 nitrogen and oxygen atoms in total. The monoisotopic (exact) mass is 315 g/mol. The van der Waals surface area contributed by atoms with E-state index >= 15 is 0 Å². The summed E-state index contributed by atoms with van der Waals surface area (Å²) in [6, 6.07) is 6.46. The van der Waals surface area contributed by atoms with Gasteiger partial charge in [-0.2, -0.15) is 10.1 Å². The van der Waals surface area contributed by atoms with E-state index in [2.05, 4.69) is 15.4 Å². The molecule has 1 aromatic carbocycles. The summed E-state index contributed by atoms with van der Waals surface area (Å²) in [6.07, 6.45) is 1.96. The smallest absolute Gasteiger partial charge is 0.297 e. The molecule has 0 amide bonds. The van der Waals surface area contributed by atoms with Crippen LogP contribution in [0.4, 0.5) is 11.7 Å². The number of hydrogen-bond acceptors (Lipinski definition) is 6. The van der Waals surface area contributed by atoms with Crippen LogP contribution < -0.4 is 10.2 Å². The van der Waals surface area contributed by atoms with Crippen molar-refractivity contribution in [2.75, 3.05) is 30.9 Å². The number of fused-ring (bicyclic) bond motifs is 1. The Balaban J connectivity index is 1.74. The number of aromatic nitrogens is 3. The van der Waals surface area contributed by atoms with Crippen LogP contribution >= 0.6 is 0 Å². The third-order valence-electron chi connectivity index (χ3n) is 3.62. The molecular formula is C16H21N5O2. The van der Waals surface area contributed by atoms with Gasteiger partial charge in [0, 0.05) is 38.1 Å². The van der Waals surface area contributed by atoms with Gasteiger partial charge in [-0.25, -0.2) is 0 Å². The second-order valence-corrected chi connectivity index (χ2v) is 5.65. The van der Waals surface area contributed by atoms with Crippen molar-refractivity contribution in [1.82, 2.24) is 14.8 Å². The summed E-state index contributed by atoms with van der Waals surface area (Å²) in [5.41, 5.74) is 4.64. The van der Waals surface area contributed by atoms with Gasteiger partial charge in [-0.3, -0.25) is 4.68 Å². The van der Waals surface area contributed by atoms with Crippen molar-refractivity contribution < 1.29 is 9.52 Å². The molecule has 2 N–H and O–H groups in total. The van der Waals surface area contributed by atoms with Crippen molar-refractivity contribution in [3.05, 3.63) is 35.7 Å². The Morgan fingerprint density at radius 2 is 2.17 bits per heavy atom. The summed E-state index contributed by atoms with van der Waals surface area (Å²) in [7, 11) is 3.80. The number of aryl methyl sites for hydroxylation is 1.